The van der Waals surface area contributed by atoms with Gasteiger partial charge in [0.2, 0.25) is 5.91 Å². The number of para-hydroxylation sites is 1. The van der Waals surface area contributed by atoms with Gasteiger partial charge in [0.1, 0.15) is 4.34 Å². The van der Waals surface area contributed by atoms with E-state index in [1.54, 1.807) is 23.1 Å². The minimum atomic E-state index is -0.0549. The number of benzene rings is 2. The second kappa shape index (κ2) is 8.33. The fourth-order valence-electron chi connectivity index (χ4n) is 2.05. The third-order valence-corrected chi connectivity index (χ3v) is 5.60. The fourth-order valence-corrected chi connectivity index (χ4v) is 3.98. The molecule has 0 radical (unpaired) electrons. The quantitative estimate of drug-likeness (QED) is 0.597. The molecule has 0 saturated carbocycles. The van der Waals surface area contributed by atoms with Gasteiger partial charge in [0, 0.05) is 21.8 Å². The van der Waals surface area contributed by atoms with Crippen LogP contribution in [0, 0.1) is 0 Å². The zero-order chi connectivity index (χ0) is 16.8. The van der Waals surface area contributed by atoms with Crippen LogP contribution in [0.2, 0.25) is 5.02 Å². The Kier molecular flexibility index (Phi) is 5.91. The zero-order valence-corrected chi connectivity index (χ0v) is 15.1. The van der Waals surface area contributed by atoms with Crippen LogP contribution in [0.5, 0.6) is 0 Å². The Hall–Kier alpha value is -1.82. The Morgan fingerprint density at radius 2 is 1.88 bits per heavy atom. The first-order valence-electron chi connectivity index (χ1n) is 7.35. The largest absolute Gasteiger partial charge is 0.326 e. The van der Waals surface area contributed by atoms with Crippen molar-refractivity contribution in [3.05, 3.63) is 76.3 Å². The minimum absolute atomic E-state index is 0.0549. The van der Waals surface area contributed by atoms with E-state index in [1.165, 1.54) is 5.56 Å². The lowest BCUT2D eigenvalue weighted by Crippen LogP contribution is -2.14. The number of thioether (sulfide) groups is 1. The van der Waals surface area contributed by atoms with Crippen LogP contribution >= 0.6 is 34.7 Å². The third-order valence-electron chi connectivity index (χ3n) is 3.21. The number of amides is 1. The highest BCUT2D eigenvalue weighted by Crippen LogP contribution is 2.27. The molecule has 0 saturated heterocycles. The van der Waals surface area contributed by atoms with Gasteiger partial charge in [0.05, 0.1) is 12.1 Å². The van der Waals surface area contributed by atoms with Gasteiger partial charge in [-0.2, -0.15) is 0 Å². The molecule has 0 fully saturated rings. The first-order chi connectivity index (χ1) is 11.7. The van der Waals surface area contributed by atoms with Crippen LogP contribution in [0.3, 0.4) is 0 Å². The molecule has 6 heteroatoms. The Balaban J connectivity index is 1.51. The number of anilines is 1. The van der Waals surface area contributed by atoms with E-state index in [9.17, 15) is 4.79 Å². The van der Waals surface area contributed by atoms with E-state index in [4.69, 9.17) is 11.6 Å². The summed E-state index contributed by atoms with van der Waals surface area (Å²) >= 11 is 9.11. The maximum atomic E-state index is 12.0. The smallest absolute Gasteiger partial charge is 0.230 e. The number of halogens is 1. The Morgan fingerprint density at radius 3 is 2.62 bits per heavy atom. The van der Waals surface area contributed by atoms with Gasteiger partial charge in [0.15, 0.2) is 0 Å². The highest BCUT2D eigenvalue weighted by Gasteiger charge is 2.08. The monoisotopic (exact) mass is 374 g/mol. The molecule has 1 N–H and O–H groups in total. The molecule has 0 aliphatic heterocycles. The van der Waals surface area contributed by atoms with Gasteiger partial charge in [-0.05, 0) is 29.8 Å². The predicted molar refractivity (Wildman–Crippen MR) is 102 cm³/mol. The van der Waals surface area contributed by atoms with Gasteiger partial charge in [0.25, 0.3) is 0 Å². The second-order valence-electron chi connectivity index (χ2n) is 5.11. The molecule has 3 nitrogen and oxygen atoms in total. The molecule has 122 valence electrons. The van der Waals surface area contributed by atoms with E-state index >= 15 is 0 Å². The standard InChI is InChI=1S/C18H15ClN2OS2/c19-14-8-6-13(7-9-14)11-23-18-21-16(12-24-18)10-17(22)20-15-4-2-1-3-5-15/h1-9,12H,10-11H2,(H,20,22). The summed E-state index contributed by atoms with van der Waals surface area (Å²) in [5, 5.41) is 5.55. The normalized spacial score (nSPS) is 10.5. The van der Waals surface area contributed by atoms with Crippen molar-refractivity contribution in [3.8, 4) is 0 Å². The Labute approximate surface area is 154 Å². The van der Waals surface area contributed by atoms with Crippen LogP contribution in [0.4, 0.5) is 5.69 Å². The van der Waals surface area contributed by atoms with E-state index in [0.717, 1.165) is 26.5 Å². The van der Waals surface area contributed by atoms with Gasteiger partial charge < -0.3 is 5.32 Å². The van der Waals surface area contributed by atoms with E-state index < -0.39 is 0 Å². The number of thiazole rings is 1. The predicted octanol–water partition coefficient (Wildman–Crippen LogP) is 5.27. The van der Waals surface area contributed by atoms with Gasteiger partial charge in [-0.25, -0.2) is 4.98 Å². The Morgan fingerprint density at radius 1 is 1.12 bits per heavy atom. The highest BCUT2D eigenvalue weighted by atomic mass is 35.5. The molecule has 1 amide bonds. The number of nitrogens with zero attached hydrogens (tertiary/aromatic N) is 1. The number of hydrogen-bond acceptors (Lipinski definition) is 4. The summed E-state index contributed by atoms with van der Waals surface area (Å²) in [6.07, 6.45) is 0.285. The summed E-state index contributed by atoms with van der Waals surface area (Å²) in [7, 11) is 0. The van der Waals surface area contributed by atoms with Crippen molar-refractivity contribution in [2.45, 2.75) is 16.5 Å². The van der Waals surface area contributed by atoms with Crippen LogP contribution in [0.15, 0.2) is 64.3 Å². The molecule has 0 spiro atoms. The number of hydrogen-bond donors (Lipinski definition) is 1. The van der Waals surface area contributed by atoms with Crippen LogP contribution in [0.1, 0.15) is 11.3 Å². The van der Waals surface area contributed by atoms with E-state index in [-0.39, 0.29) is 12.3 Å². The van der Waals surface area contributed by atoms with Crippen molar-refractivity contribution in [2.75, 3.05) is 5.32 Å². The lowest BCUT2D eigenvalue weighted by molar-refractivity contribution is -0.115. The molecule has 0 unspecified atom stereocenters. The number of nitrogens with one attached hydrogen (secondary N) is 1. The average molecular weight is 375 g/mol. The van der Waals surface area contributed by atoms with Crippen LogP contribution in [-0.4, -0.2) is 10.9 Å². The summed E-state index contributed by atoms with van der Waals surface area (Å²) in [6.45, 7) is 0. The molecule has 24 heavy (non-hydrogen) atoms. The van der Waals surface area contributed by atoms with Gasteiger partial charge in [-0.1, -0.05) is 53.7 Å². The molecule has 0 aliphatic carbocycles. The summed E-state index contributed by atoms with van der Waals surface area (Å²) in [4.78, 5) is 16.6. The summed E-state index contributed by atoms with van der Waals surface area (Å²) in [5.74, 6) is 0.779. The first-order valence-corrected chi connectivity index (χ1v) is 9.60. The number of aromatic nitrogens is 1. The molecular formula is C18H15ClN2OS2. The zero-order valence-electron chi connectivity index (χ0n) is 12.7. The average Bonchev–Trinajstić information content (AvgIpc) is 3.02. The van der Waals surface area contributed by atoms with Crippen molar-refractivity contribution < 1.29 is 4.79 Å². The topological polar surface area (TPSA) is 42.0 Å². The van der Waals surface area contributed by atoms with Crippen LogP contribution in [-0.2, 0) is 17.0 Å². The van der Waals surface area contributed by atoms with Gasteiger partial charge >= 0.3 is 0 Å². The molecule has 2 aromatic carbocycles. The van der Waals surface area contributed by atoms with Crippen LogP contribution in [0.25, 0.3) is 0 Å². The maximum Gasteiger partial charge on any atom is 0.230 e. The van der Waals surface area contributed by atoms with Crippen molar-refractivity contribution >= 4 is 46.3 Å². The molecule has 1 heterocycles. The van der Waals surface area contributed by atoms with Gasteiger partial charge in [-0.3, -0.25) is 4.79 Å². The van der Waals surface area contributed by atoms with Crippen molar-refractivity contribution in [3.63, 3.8) is 0 Å². The van der Waals surface area contributed by atoms with Crippen molar-refractivity contribution in [2.24, 2.45) is 0 Å². The van der Waals surface area contributed by atoms with E-state index in [2.05, 4.69) is 10.3 Å². The molecule has 1 aromatic heterocycles. The number of rotatable bonds is 6. The third kappa shape index (κ3) is 5.09. The molecule has 0 aliphatic rings. The molecule has 0 atom stereocenters. The number of carbonyl (C=O) groups is 1. The lowest BCUT2D eigenvalue weighted by atomic mass is 10.2. The highest BCUT2D eigenvalue weighted by molar-refractivity contribution is 8.00. The van der Waals surface area contributed by atoms with Gasteiger partial charge in [-0.15, -0.1) is 11.3 Å². The lowest BCUT2D eigenvalue weighted by Gasteiger charge is -2.03. The summed E-state index contributed by atoms with van der Waals surface area (Å²) < 4.78 is 0.965. The Bertz CT molecular complexity index is 803. The maximum absolute atomic E-state index is 12.0. The first kappa shape index (κ1) is 17.0. The summed E-state index contributed by atoms with van der Waals surface area (Å²) in [6, 6.07) is 17.2. The van der Waals surface area contributed by atoms with Crippen molar-refractivity contribution in [1.29, 1.82) is 0 Å². The minimum Gasteiger partial charge on any atom is -0.326 e. The molecular weight excluding hydrogens is 360 g/mol. The molecule has 3 aromatic rings. The molecule has 0 bridgehead atoms. The summed E-state index contributed by atoms with van der Waals surface area (Å²) in [5.41, 5.74) is 2.80. The van der Waals surface area contributed by atoms with Crippen LogP contribution < -0.4 is 5.32 Å². The molecule has 3 rings (SSSR count). The van der Waals surface area contributed by atoms with E-state index in [0.29, 0.717) is 0 Å². The number of carbonyl (C=O) groups excluding carboxylic acids is 1. The fraction of sp³-hybridized carbons (Fsp3) is 0.111. The second-order valence-corrected chi connectivity index (χ2v) is 7.63. The van der Waals surface area contributed by atoms with Crippen molar-refractivity contribution in [1.82, 2.24) is 4.98 Å². The van der Waals surface area contributed by atoms with E-state index in [1.807, 2.05) is 60.0 Å². The SMILES string of the molecule is O=C(Cc1csc(SCc2ccc(Cl)cc2)n1)Nc1ccccc1.